The first-order valence-corrected chi connectivity index (χ1v) is 13.0. The second kappa shape index (κ2) is 11.6. The van der Waals surface area contributed by atoms with Crippen molar-refractivity contribution in [3.05, 3.63) is 127 Å². The Bertz CT molecular complexity index is 1830. The summed E-state index contributed by atoms with van der Waals surface area (Å²) in [5, 5.41) is 20.8. The molecule has 186 valence electrons. The number of phenols is 2. The van der Waals surface area contributed by atoms with Gasteiger partial charge < -0.3 is 10.2 Å². The first-order chi connectivity index (χ1) is 18.7. The van der Waals surface area contributed by atoms with Gasteiger partial charge in [-0.2, -0.15) is 0 Å². The number of hydrogen-bond donors (Lipinski definition) is 2. The maximum Gasteiger partial charge on any atom is 0.149 e. The van der Waals surface area contributed by atoms with Crippen LogP contribution in [0.1, 0.15) is 0 Å². The molecule has 0 unspecified atom stereocenters. The van der Waals surface area contributed by atoms with Crippen LogP contribution in [0.15, 0.2) is 127 Å². The molecule has 0 aliphatic heterocycles. The minimum absolute atomic E-state index is 0. The van der Waals surface area contributed by atoms with Gasteiger partial charge in [0.15, 0.2) is 0 Å². The van der Waals surface area contributed by atoms with Gasteiger partial charge >= 0.3 is 0 Å². The van der Waals surface area contributed by atoms with Gasteiger partial charge in [-0.1, -0.05) is 66.7 Å². The number of nitrogens with zero attached hydrogens (tertiary/aromatic N) is 3. The molecule has 2 N–H and O–H groups in total. The number of rotatable bonds is 3. The van der Waals surface area contributed by atoms with Crippen molar-refractivity contribution in [1.82, 2.24) is 14.5 Å². The number of para-hydroxylation sites is 6. The maximum absolute atomic E-state index is 10.2. The number of phenolic OH excluding ortho intramolecular Hbond substituents is 2. The molecule has 7 aromatic rings. The molecule has 0 bridgehead atoms. The average molecular weight is 579 g/mol. The number of thiazole rings is 1. The van der Waals surface area contributed by atoms with E-state index in [2.05, 4.69) is 9.55 Å². The van der Waals surface area contributed by atoms with Crippen LogP contribution in [0.25, 0.3) is 48.9 Å². The number of aromatic nitrogens is 3. The van der Waals surface area contributed by atoms with Crippen LogP contribution < -0.4 is 0 Å². The van der Waals surface area contributed by atoms with Gasteiger partial charge in [0.2, 0.25) is 0 Å². The molecule has 5 nitrogen and oxygen atoms in total. The Morgan fingerprint density at radius 3 is 1.79 bits per heavy atom. The van der Waals surface area contributed by atoms with Crippen molar-refractivity contribution < 1.29 is 29.7 Å². The molecule has 2 aromatic heterocycles. The van der Waals surface area contributed by atoms with E-state index in [-0.39, 0.29) is 31.0 Å². The second-order valence-corrected chi connectivity index (χ2v) is 9.65. The van der Waals surface area contributed by atoms with Crippen LogP contribution in [0.5, 0.6) is 11.5 Å². The molecular weight excluding hydrogens is 556 g/mol. The molecule has 0 spiro atoms. The van der Waals surface area contributed by atoms with Crippen molar-refractivity contribution in [2.75, 3.05) is 0 Å². The van der Waals surface area contributed by atoms with Gasteiger partial charge in [0.05, 0.1) is 32.4 Å². The van der Waals surface area contributed by atoms with E-state index >= 15 is 0 Å². The topological polar surface area (TPSA) is 71.2 Å². The van der Waals surface area contributed by atoms with Gasteiger partial charge in [-0.25, -0.2) is 9.97 Å². The smallest absolute Gasteiger partial charge is 0.149 e. The van der Waals surface area contributed by atoms with Crippen molar-refractivity contribution in [1.29, 1.82) is 0 Å². The van der Waals surface area contributed by atoms with E-state index in [1.54, 1.807) is 23.5 Å². The monoisotopic (exact) mass is 577 g/mol. The molecule has 39 heavy (non-hydrogen) atoms. The fraction of sp³-hybridized carbons (Fsp3) is 0. The van der Waals surface area contributed by atoms with Crippen molar-refractivity contribution >= 4 is 32.6 Å². The zero-order valence-electron chi connectivity index (χ0n) is 21.0. The average Bonchev–Trinajstić information content (AvgIpc) is 3.56. The van der Waals surface area contributed by atoms with E-state index in [1.807, 2.05) is 115 Å². The van der Waals surface area contributed by atoms with E-state index in [0.29, 0.717) is 0 Å². The van der Waals surface area contributed by atoms with Crippen LogP contribution in [0, 0.1) is 0 Å². The summed E-state index contributed by atoms with van der Waals surface area (Å²) in [5.74, 6) is 1.25. The fourth-order valence-corrected chi connectivity index (χ4v) is 5.35. The summed E-state index contributed by atoms with van der Waals surface area (Å²) in [4.78, 5) is 9.23. The molecule has 5 aromatic carbocycles. The quantitative estimate of drug-likeness (QED) is 0.208. The minimum Gasteiger partial charge on any atom is -0.507 e. The van der Waals surface area contributed by atoms with Crippen LogP contribution in [-0.4, -0.2) is 24.7 Å². The van der Waals surface area contributed by atoms with Gasteiger partial charge in [0.25, 0.3) is 0 Å². The Kier molecular flexibility index (Phi) is 7.82. The molecule has 0 atom stereocenters. The van der Waals surface area contributed by atoms with Crippen molar-refractivity contribution in [3.8, 4) is 39.1 Å². The largest absolute Gasteiger partial charge is 0.507 e. The third-order valence-electron chi connectivity index (χ3n) is 6.15. The molecule has 7 rings (SSSR count). The number of hydrogen-bond acceptors (Lipinski definition) is 5. The Morgan fingerprint density at radius 2 is 1.10 bits per heavy atom. The number of benzene rings is 5. The van der Waals surface area contributed by atoms with Gasteiger partial charge in [0.1, 0.15) is 22.3 Å². The SMILES string of the molecule is Oc1ccccc1-c1nc2ccccc2n1-c1ccccc1.Oc1ccccc1-c1nc2ccccc2s1.[Zn]. The Morgan fingerprint density at radius 1 is 0.538 bits per heavy atom. The summed E-state index contributed by atoms with van der Waals surface area (Å²) < 4.78 is 3.21. The molecule has 2 heterocycles. The van der Waals surface area contributed by atoms with E-state index in [4.69, 9.17) is 4.98 Å². The van der Waals surface area contributed by atoms with Crippen LogP contribution >= 0.6 is 11.3 Å². The van der Waals surface area contributed by atoms with E-state index < -0.39 is 0 Å². The molecule has 0 amide bonds. The summed E-state index contributed by atoms with van der Waals surface area (Å²) in [6.07, 6.45) is 0. The Hall–Kier alpha value is -4.32. The third kappa shape index (κ3) is 5.33. The molecule has 7 heteroatoms. The molecule has 0 saturated carbocycles. The molecule has 0 aliphatic carbocycles. The Balaban J connectivity index is 0.000000161. The van der Waals surface area contributed by atoms with E-state index in [9.17, 15) is 10.2 Å². The summed E-state index contributed by atoms with van der Waals surface area (Å²) in [6, 6.07) is 40.6. The number of aromatic hydroxyl groups is 2. The van der Waals surface area contributed by atoms with Crippen LogP contribution in [0.4, 0.5) is 0 Å². The third-order valence-corrected chi connectivity index (χ3v) is 7.22. The van der Waals surface area contributed by atoms with E-state index in [1.165, 1.54) is 0 Å². The first kappa shape index (κ1) is 26.3. The van der Waals surface area contributed by atoms with Gasteiger partial charge in [-0.05, 0) is 60.7 Å². The normalized spacial score (nSPS) is 10.6. The Labute approximate surface area is 242 Å². The number of fused-ring (bicyclic) bond motifs is 2. The van der Waals surface area contributed by atoms with Gasteiger partial charge in [-0.3, -0.25) is 4.57 Å². The molecule has 0 fully saturated rings. The van der Waals surface area contributed by atoms with Gasteiger partial charge in [0, 0.05) is 25.2 Å². The van der Waals surface area contributed by atoms with Gasteiger partial charge in [-0.15, -0.1) is 11.3 Å². The second-order valence-electron chi connectivity index (χ2n) is 8.62. The predicted molar refractivity (Wildman–Crippen MR) is 155 cm³/mol. The molecular formula is C32H23N3O2SZn. The van der Waals surface area contributed by atoms with E-state index in [0.717, 1.165) is 48.9 Å². The zero-order valence-corrected chi connectivity index (χ0v) is 24.8. The standard InChI is InChI=1S/C19H14N2O.C13H9NOS.Zn/c22-18-13-7-4-10-15(18)19-20-16-11-5-6-12-17(16)21(19)14-8-2-1-3-9-14;15-11-7-3-1-5-9(11)13-14-10-6-2-4-8-12(10)16-13;/h1-13,22H;1-8,15H;. The summed E-state index contributed by atoms with van der Waals surface area (Å²) in [7, 11) is 0. The molecule has 0 saturated heterocycles. The summed E-state index contributed by atoms with van der Waals surface area (Å²) in [6.45, 7) is 0. The summed E-state index contributed by atoms with van der Waals surface area (Å²) >= 11 is 1.59. The molecule has 0 aliphatic rings. The summed E-state index contributed by atoms with van der Waals surface area (Å²) in [5.41, 5.74) is 5.45. The first-order valence-electron chi connectivity index (χ1n) is 12.1. The predicted octanol–water partition coefficient (Wildman–Crippen LogP) is 8.06. The maximum atomic E-state index is 10.2. The molecule has 0 radical (unpaired) electrons. The van der Waals surface area contributed by atoms with Crippen molar-refractivity contribution in [2.45, 2.75) is 0 Å². The van der Waals surface area contributed by atoms with Crippen molar-refractivity contribution in [2.24, 2.45) is 0 Å². The fourth-order valence-electron chi connectivity index (χ4n) is 4.35. The van der Waals surface area contributed by atoms with Crippen molar-refractivity contribution in [3.63, 3.8) is 0 Å². The zero-order chi connectivity index (χ0) is 25.9. The number of imidazole rings is 1. The van der Waals surface area contributed by atoms with Crippen LogP contribution in [-0.2, 0) is 19.5 Å². The van der Waals surface area contributed by atoms with Crippen LogP contribution in [0.2, 0.25) is 0 Å². The minimum atomic E-state index is 0. The van der Waals surface area contributed by atoms with Crippen LogP contribution in [0.3, 0.4) is 0 Å².